The van der Waals surface area contributed by atoms with Gasteiger partial charge in [0.1, 0.15) is 16.4 Å². The largest absolute Gasteiger partial charge is 0.478 e. The summed E-state index contributed by atoms with van der Waals surface area (Å²) < 4.78 is 6.52. The van der Waals surface area contributed by atoms with E-state index in [4.69, 9.17) is 16.3 Å². The molecule has 0 saturated carbocycles. The highest BCUT2D eigenvalue weighted by Gasteiger charge is 2.21. The van der Waals surface area contributed by atoms with Gasteiger partial charge in [0.15, 0.2) is 0 Å². The van der Waals surface area contributed by atoms with E-state index in [1.54, 1.807) is 54.9 Å². The van der Waals surface area contributed by atoms with Crippen LogP contribution < -0.4 is 15.4 Å². The van der Waals surface area contributed by atoms with E-state index in [-0.39, 0.29) is 26.7 Å². The lowest BCUT2D eigenvalue weighted by Crippen LogP contribution is -2.17. The van der Waals surface area contributed by atoms with Gasteiger partial charge < -0.3 is 20.5 Å². The summed E-state index contributed by atoms with van der Waals surface area (Å²) in [5.74, 6) is -1.17. The average molecular weight is 544 g/mol. The summed E-state index contributed by atoms with van der Waals surface area (Å²) in [6.07, 6.45) is 3.23. The normalized spacial score (nSPS) is 10.7. The number of carboxylic acid groups (broad SMARTS) is 1. The van der Waals surface area contributed by atoms with Crippen molar-refractivity contribution in [2.75, 3.05) is 10.6 Å². The molecule has 0 unspecified atom stereocenters. The predicted molar refractivity (Wildman–Crippen MR) is 147 cm³/mol. The highest BCUT2D eigenvalue weighted by atomic mass is 35.5. The number of nitrogens with one attached hydrogen (secondary N) is 2. The van der Waals surface area contributed by atoms with E-state index < -0.39 is 17.8 Å². The van der Waals surface area contributed by atoms with Crippen LogP contribution >= 0.6 is 22.9 Å². The average Bonchev–Trinajstić information content (AvgIpc) is 3.27. The zero-order chi connectivity index (χ0) is 26.6. The molecule has 0 aliphatic rings. The topological polar surface area (TPSA) is 118 Å². The van der Waals surface area contributed by atoms with E-state index in [1.807, 2.05) is 18.2 Å². The van der Waals surface area contributed by atoms with Crippen LogP contribution in [-0.4, -0.2) is 27.9 Å². The number of carboxylic acids is 1. The van der Waals surface area contributed by atoms with Gasteiger partial charge in [-0.05, 0) is 60.7 Å². The fourth-order valence-electron chi connectivity index (χ4n) is 3.67. The molecule has 0 saturated heterocycles. The Kier molecular flexibility index (Phi) is 7.03. The van der Waals surface area contributed by atoms with Crippen LogP contribution in [0.4, 0.5) is 11.4 Å². The molecule has 0 spiro atoms. The van der Waals surface area contributed by atoms with Crippen molar-refractivity contribution in [1.29, 1.82) is 0 Å². The highest BCUT2D eigenvalue weighted by Crippen LogP contribution is 2.36. The number of fused-ring (bicyclic) bond motifs is 1. The molecule has 2 heterocycles. The van der Waals surface area contributed by atoms with E-state index in [0.717, 1.165) is 10.1 Å². The zero-order valence-electron chi connectivity index (χ0n) is 19.5. The Morgan fingerprint density at radius 2 is 1.66 bits per heavy atom. The summed E-state index contributed by atoms with van der Waals surface area (Å²) in [7, 11) is 0. The number of aromatic nitrogens is 1. The highest BCUT2D eigenvalue weighted by molar-refractivity contribution is 7.21. The summed E-state index contributed by atoms with van der Waals surface area (Å²) in [6, 6.07) is 21.5. The Hall–Kier alpha value is -4.73. The van der Waals surface area contributed by atoms with Crippen LogP contribution in [0.3, 0.4) is 0 Å². The number of thiophene rings is 1. The van der Waals surface area contributed by atoms with Crippen LogP contribution in [0.25, 0.3) is 10.1 Å². The zero-order valence-corrected chi connectivity index (χ0v) is 21.0. The van der Waals surface area contributed by atoms with Gasteiger partial charge in [-0.2, -0.15) is 0 Å². The summed E-state index contributed by atoms with van der Waals surface area (Å²) >= 11 is 7.60. The number of nitrogens with zero attached hydrogens (tertiary/aromatic N) is 1. The third-order valence-corrected chi connectivity index (χ3v) is 7.16. The second kappa shape index (κ2) is 10.7. The van der Waals surface area contributed by atoms with Gasteiger partial charge in [-0.1, -0.05) is 29.8 Å². The molecule has 0 fully saturated rings. The standard InChI is InChI=1S/C28H18ClN3O5S/c29-24-21-5-1-2-6-23(21)38-25(24)27(34)32-22-14-16(7-12-20(22)28(35)36)26(33)31-17-8-10-18(11-9-17)37-19-4-3-13-30-15-19/h1-15H,(H,31,33)(H,32,34)(H,35,36). The number of pyridine rings is 1. The number of hydrogen-bond donors (Lipinski definition) is 3. The maximum Gasteiger partial charge on any atom is 0.337 e. The third kappa shape index (κ3) is 5.34. The number of amides is 2. The summed E-state index contributed by atoms with van der Waals surface area (Å²) in [5, 5.41) is 16.0. The number of aromatic carboxylic acids is 1. The Morgan fingerprint density at radius 3 is 2.37 bits per heavy atom. The quantitative estimate of drug-likeness (QED) is 0.204. The molecule has 0 aliphatic carbocycles. The minimum atomic E-state index is -1.25. The molecule has 3 aromatic carbocycles. The molecule has 0 atom stereocenters. The van der Waals surface area contributed by atoms with Crippen LogP contribution in [-0.2, 0) is 0 Å². The first kappa shape index (κ1) is 24.9. The van der Waals surface area contributed by atoms with Gasteiger partial charge in [0.2, 0.25) is 0 Å². The second-order valence-corrected chi connectivity index (χ2v) is 9.46. The van der Waals surface area contributed by atoms with Gasteiger partial charge in [0, 0.05) is 27.5 Å². The molecule has 0 radical (unpaired) electrons. The number of halogens is 1. The maximum absolute atomic E-state index is 13.0. The molecule has 8 nitrogen and oxygen atoms in total. The Morgan fingerprint density at radius 1 is 0.868 bits per heavy atom. The minimum Gasteiger partial charge on any atom is -0.478 e. The monoisotopic (exact) mass is 543 g/mol. The van der Waals surface area contributed by atoms with Crippen molar-refractivity contribution in [3.05, 3.63) is 112 Å². The molecule has 5 aromatic rings. The van der Waals surface area contributed by atoms with Crippen LogP contribution in [0.2, 0.25) is 5.02 Å². The van der Waals surface area contributed by atoms with E-state index in [0.29, 0.717) is 17.2 Å². The van der Waals surface area contributed by atoms with Crippen molar-refractivity contribution in [2.24, 2.45) is 0 Å². The number of carbonyl (C=O) groups is 3. The van der Waals surface area contributed by atoms with E-state index in [9.17, 15) is 19.5 Å². The van der Waals surface area contributed by atoms with Crippen molar-refractivity contribution in [3.63, 3.8) is 0 Å². The van der Waals surface area contributed by atoms with Crippen molar-refractivity contribution in [2.45, 2.75) is 0 Å². The van der Waals surface area contributed by atoms with Crippen LogP contribution in [0.15, 0.2) is 91.3 Å². The maximum atomic E-state index is 13.0. The first-order valence-corrected chi connectivity index (χ1v) is 12.4. The fraction of sp³-hybridized carbons (Fsp3) is 0. The van der Waals surface area contributed by atoms with Crippen molar-refractivity contribution >= 4 is 62.2 Å². The van der Waals surface area contributed by atoms with E-state index in [2.05, 4.69) is 15.6 Å². The third-order valence-electron chi connectivity index (χ3n) is 5.48. The van der Waals surface area contributed by atoms with Gasteiger partial charge in [-0.15, -0.1) is 11.3 Å². The molecule has 2 amide bonds. The number of benzene rings is 3. The lowest BCUT2D eigenvalue weighted by molar-refractivity contribution is 0.0697. The van der Waals surface area contributed by atoms with Gasteiger partial charge >= 0.3 is 5.97 Å². The lowest BCUT2D eigenvalue weighted by Gasteiger charge is -2.11. The lowest BCUT2D eigenvalue weighted by atomic mass is 10.1. The Balaban J connectivity index is 1.34. The molecule has 0 aliphatic heterocycles. The van der Waals surface area contributed by atoms with Gasteiger partial charge in [0.25, 0.3) is 11.8 Å². The van der Waals surface area contributed by atoms with E-state index in [1.165, 1.54) is 29.5 Å². The molecule has 2 aromatic heterocycles. The first-order valence-electron chi connectivity index (χ1n) is 11.2. The number of anilines is 2. The SMILES string of the molecule is O=C(Nc1ccc(Oc2cccnc2)cc1)c1ccc(C(=O)O)c(NC(=O)c2sc3ccccc3c2Cl)c1. The second-order valence-electron chi connectivity index (χ2n) is 8.03. The van der Waals surface area contributed by atoms with Gasteiger partial charge in [-0.3, -0.25) is 14.6 Å². The number of rotatable bonds is 7. The molecular weight excluding hydrogens is 526 g/mol. The van der Waals surface area contributed by atoms with Crippen molar-refractivity contribution < 1.29 is 24.2 Å². The Labute approximate surface area is 225 Å². The minimum absolute atomic E-state index is 0.0242. The molecule has 5 rings (SSSR count). The summed E-state index contributed by atoms with van der Waals surface area (Å²) in [6.45, 7) is 0. The number of ether oxygens (including phenoxy) is 1. The smallest absolute Gasteiger partial charge is 0.337 e. The first-order chi connectivity index (χ1) is 18.4. The molecular formula is C28H18ClN3O5S. The van der Waals surface area contributed by atoms with Crippen LogP contribution in [0, 0.1) is 0 Å². The number of carbonyl (C=O) groups excluding carboxylic acids is 2. The van der Waals surface area contributed by atoms with Gasteiger partial charge in [-0.25, -0.2) is 4.79 Å². The molecule has 3 N–H and O–H groups in total. The predicted octanol–water partition coefficient (Wildman–Crippen LogP) is 6.94. The van der Waals surface area contributed by atoms with Crippen LogP contribution in [0.1, 0.15) is 30.4 Å². The fourth-order valence-corrected chi connectivity index (χ4v) is 5.08. The molecule has 10 heteroatoms. The summed E-state index contributed by atoms with van der Waals surface area (Å²) in [5.41, 5.74) is 0.467. The molecule has 0 bridgehead atoms. The van der Waals surface area contributed by atoms with Gasteiger partial charge in [0.05, 0.1) is 22.5 Å². The molecule has 38 heavy (non-hydrogen) atoms. The molecule has 188 valence electrons. The van der Waals surface area contributed by atoms with Crippen molar-refractivity contribution in [1.82, 2.24) is 4.98 Å². The van der Waals surface area contributed by atoms with Crippen molar-refractivity contribution in [3.8, 4) is 11.5 Å². The number of hydrogen-bond acceptors (Lipinski definition) is 6. The van der Waals surface area contributed by atoms with Crippen LogP contribution in [0.5, 0.6) is 11.5 Å². The van der Waals surface area contributed by atoms with E-state index >= 15 is 0 Å². The Bertz CT molecular complexity index is 1670. The summed E-state index contributed by atoms with van der Waals surface area (Å²) in [4.78, 5) is 42.0.